The summed E-state index contributed by atoms with van der Waals surface area (Å²) in [6.45, 7) is 9.37. The fourth-order valence-corrected chi connectivity index (χ4v) is 4.55. The lowest BCUT2D eigenvalue weighted by atomic mass is 9.78. The zero-order valence-corrected chi connectivity index (χ0v) is 19.3. The van der Waals surface area contributed by atoms with E-state index in [0.29, 0.717) is 0 Å². The minimum atomic E-state index is 1.03. The Kier molecular flexibility index (Phi) is 21.3. The molecule has 0 aliphatic heterocycles. The summed E-state index contributed by atoms with van der Waals surface area (Å²) in [7, 11) is 0. The average molecular weight is 367 g/mol. The average Bonchev–Trinajstić information content (AvgIpc) is 2.66. The van der Waals surface area contributed by atoms with E-state index in [4.69, 9.17) is 0 Å². The molecule has 0 aromatic rings. The number of unbranched alkanes of at least 4 members (excludes halogenated alkanes) is 12. The van der Waals surface area contributed by atoms with Crippen LogP contribution in [0.2, 0.25) is 0 Å². The van der Waals surface area contributed by atoms with Gasteiger partial charge in [-0.1, -0.05) is 156 Å². The number of hydrogen-bond acceptors (Lipinski definition) is 0. The summed E-state index contributed by atoms with van der Waals surface area (Å²) in [6, 6.07) is 0. The van der Waals surface area contributed by atoms with E-state index in [1.165, 1.54) is 128 Å². The van der Waals surface area contributed by atoms with Crippen molar-refractivity contribution < 1.29 is 0 Å². The van der Waals surface area contributed by atoms with Crippen LogP contribution >= 0.6 is 0 Å². The van der Waals surface area contributed by atoms with Gasteiger partial charge in [0.15, 0.2) is 0 Å². The van der Waals surface area contributed by atoms with Crippen molar-refractivity contribution in [2.24, 2.45) is 11.8 Å². The molecule has 0 fully saturated rings. The molecular weight excluding hydrogens is 312 g/mol. The molecule has 0 heterocycles. The summed E-state index contributed by atoms with van der Waals surface area (Å²) in [4.78, 5) is 0. The monoisotopic (exact) mass is 366 g/mol. The van der Waals surface area contributed by atoms with Gasteiger partial charge in [-0.25, -0.2) is 0 Å². The smallest absolute Gasteiger partial charge is 0.0386 e. The molecule has 0 nitrogen and oxygen atoms in total. The van der Waals surface area contributed by atoms with Gasteiger partial charge in [0.1, 0.15) is 0 Å². The molecule has 158 valence electrons. The molecule has 0 rings (SSSR count). The van der Waals surface area contributed by atoms with E-state index in [1.54, 1.807) is 0 Å². The molecule has 26 heavy (non-hydrogen) atoms. The predicted molar refractivity (Wildman–Crippen MR) is 122 cm³/mol. The van der Waals surface area contributed by atoms with Crippen LogP contribution in [0.25, 0.3) is 0 Å². The molecule has 0 radical (unpaired) electrons. The van der Waals surface area contributed by atoms with E-state index >= 15 is 0 Å². The molecule has 2 atom stereocenters. The second-order valence-corrected chi connectivity index (χ2v) is 8.92. The van der Waals surface area contributed by atoms with Gasteiger partial charge < -0.3 is 0 Å². The van der Waals surface area contributed by atoms with Crippen LogP contribution in [0.4, 0.5) is 0 Å². The first-order chi connectivity index (χ1) is 12.8. The summed E-state index contributed by atoms with van der Waals surface area (Å²) in [5, 5.41) is 0. The molecule has 0 N–H and O–H groups in total. The Labute approximate surface area is 168 Å². The van der Waals surface area contributed by atoms with Gasteiger partial charge in [-0.3, -0.25) is 0 Å². The van der Waals surface area contributed by atoms with Crippen LogP contribution in [-0.4, -0.2) is 0 Å². The molecule has 0 aliphatic rings. The van der Waals surface area contributed by atoms with E-state index < -0.39 is 0 Å². The summed E-state index contributed by atoms with van der Waals surface area (Å²) in [5.41, 5.74) is 0. The van der Waals surface area contributed by atoms with Gasteiger partial charge in [0, 0.05) is 0 Å². The highest BCUT2D eigenvalue weighted by molar-refractivity contribution is 4.72. The van der Waals surface area contributed by atoms with Gasteiger partial charge in [0.05, 0.1) is 0 Å². The zero-order chi connectivity index (χ0) is 19.3. The van der Waals surface area contributed by atoms with Crippen LogP contribution < -0.4 is 0 Å². The Bertz CT molecular complexity index is 244. The van der Waals surface area contributed by atoms with Crippen molar-refractivity contribution in [2.45, 2.75) is 156 Å². The highest BCUT2D eigenvalue weighted by Crippen LogP contribution is 2.33. The van der Waals surface area contributed by atoms with E-state index in [9.17, 15) is 0 Å². The van der Waals surface area contributed by atoms with E-state index in [2.05, 4.69) is 27.7 Å². The fraction of sp³-hybridized carbons (Fsp3) is 1.00. The van der Waals surface area contributed by atoms with Crippen LogP contribution in [0.5, 0.6) is 0 Å². The van der Waals surface area contributed by atoms with Crippen molar-refractivity contribution in [3.63, 3.8) is 0 Å². The maximum Gasteiger partial charge on any atom is -0.0386 e. The standard InChI is InChI=1S/C26H54/c1-5-9-13-16-17-20-24-26(23-19-15-11-7-3)25(21-12-8-4)22-18-14-10-6-2/h25-26H,5-24H2,1-4H3. The zero-order valence-electron chi connectivity index (χ0n) is 19.3. The first-order valence-electron chi connectivity index (χ1n) is 12.8. The lowest BCUT2D eigenvalue weighted by molar-refractivity contribution is 0.238. The van der Waals surface area contributed by atoms with E-state index in [-0.39, 0.29) is 0 Å². The molecule has 0 aromatic heterocycles. The Hall–Kier alpha value is 0. The highest BCUT2D eigenvalue weighted by Gasteiger charge is 2.20. The minimum Gasteiger partial charge on any atom is -0.0654 e. The van der Waals surface area contributed by atoms with Gasteiger partial charge in [-0.05, 0) is 11.8 Å². The first kappa shape index (κ1) is 26.0. The maximum atomic E-state index is 2.37. The second kappa shape index (κ2) is 21.3. The molecule has 0 bridgehead atoms. The summed E-state index contributed by atoms with van der Waals surface area (Å²) in [5.74, 6) is 2.07. The van der Waals surface area contributed by atoms with Crippen LogP contribution in [0.15, 0.2) is 0 Å². The van der Waals surface area contributed by atoms with Crippen molar-refractivity contribution in [2.75, 3.05) is 0 Å². The lowest BCUT2D eigenvalue weighted by Crippen LogP contribution is -2.16. The normalized spacial score (nSPS) is 13.8. The van der Waals surface area contributed by atoms with E-state index in [0.717, 1.165) is 11.8 Å². The Morgan fingerprint density at radius 1 is 0.308 bits per heavy atom. The number of hydrogen-bond donors (Lipinski definition) is 0. The van der Waals surface area contributed by atoms with Crippen molar-refractivity contribution in [1.29, 1.82) is 0 Å². The highest BCUT2D eigenvalue weighted by atomic mass is 14.3. The van der Waals surface area contributed by atoms with Crippen LogP contribution in [0.1, 0.15) is 156 Å². The molecule has 0 saturated carbocycles. The van der Waals surface area contributed by atoms with Crippen molar-refractivity contribution >= 4 is 0 Å². The topological polar surface area (TPSA) is 0 Å². The first-order valence-corrected chi connectivity index (χ1v) is 12.8. The van der Waals surface area contributed by atoms with Crippen molar-refractivity contribution in [3.8, 4) is 0 Å². The fourth-order valence-electron chi connectivity index (χ4n) is 4.55. The molecule has 0 spiro atoms. The predicted octanol–water partition coefficient (Wildman–Crippen LogP) is 10.1. The Morgan fingerprint density at radius 3 is 0.962 bits per heavy atom. The largest absolute Gasteiger partial charge is 0.0654 e. The quantitative estimate of drug-likeness (QED) is 0.177. The molecule has 2 unspecified atom stereocenters. The molecule has 0 aliphatic carbocycles. The Balaban J connectivity index is 4.40. The van der Waals surface area contributed by atoms with E-state index in [1.807, 2.05) is 0 Å². The van der Waals surface area contributed by atoms with Crippen LogP contribution in [0.3, 0.4) is 0 Å². The van der Waals surface area contributed by atoms with Crippen molar-refractivity contribution in [3.05, 3.63) is 0 Å². The molecular formula is C26H54. The van der Waals surface area contributed by atoms with Gasteiger partial charge in [0.2, 0.25) is 0 Å². The third-order valence-corrected chi connectivity index (χ3v) is 6.38. The van der Waals surface area contributed by atoms with Gasteiger partial charge in [-0.2, -0.15) is 0 Å². The third-order valence-electron chi connectivity index (χ3n) is 6.38. The van der Waals surface area contributed by atoms with Crippen LogP contribution in [-0.2, 0) is 0 Å². The lowest BCUT2D eigenvalue weighted by Gasteiger charge is -2.28. The third kappa shape index (κ3) is 16.2. The Morgan fingerprint density at radius 2 is 0.577 bits per heavy atom. The maximum absolute atomic E-state index is 2.37. The summed E-state index contributed by atoms with van der Waals surface area (Å²) < 4.78 is 0. The molecule has 0 amide bonds. The van der Waals surface area contributed by atoms with Gasteiger partial charge >= 0.3 is 0 Å². The molecule has 0 aromatic carbocycles. The minimum absolute atomic E-state index is 1.03. The number of rotatable bonds is 21. The second-order valence-electron chi connectivity index (χ2n) is 8.92. The molecule has 0 saturated heterocycles. The SMILES string of the molecule is CCCCCCCCC(CCCCCC)C(CCCC)CCCCCC. The van der Waals surface area contributed by atoms with Gasteiger partial charge in [-0.15, -0.1) is 0 Å². The summed E-state index contributed by atoms with van der Waals surface area (Å²) >= 11 is 0. The van der Waals surface area contributed by atoms with Crippen LogP contribution in [0, 0.1) is 11.8 Å². The molecule has 0 heteroatoms. The van der Waals surface area contributed by atoms with Gasteiger partial charge in [0.25, 0.3) is 0 Å². The summed E-state index contributed by atoms with van der Waals surface area (Å²) in [6.07, 6.45) is 29.2. The van der Waals surface area contributed by atoms with Crippen molar-refractivity contribution in [1.82, 2.24) is 0 Å².